The molecule has 3 aromatic carbocycles. The van der Waals surface area contributed by atoms with Crippen molar-refractivity contribution in [2.24, 2.45) is 0 Å². The number of amides is 1. The fourth-order valence-electron chi connectivity index (χ4n) is 3.68. The number of anilines is 1. The minimum Gasteiger partial charge on any atom is -0.465 e. The van der Waals surface area contributed by atoms with Crippen molar-refractivity contribution in [3.8, 4) is 16.9 Å². The van der Waals surface area contributed by atoms with E-state index in [1.807, 2.05) is 43.3 Å². The van der Waals surface area contributed by atoms with Crippen molar-refractivity contribution >= 4 is 23.5 Å². The smallest absolute Gasteiger partial charge is 0.358 e. The van der Waals surface area contributed by atoms with Gasteiger partial charge in [0.15, 0.2) is 5.69 Å². The average molecular weight is 484 g/mol. The molecule has 0 unspecified atom stereocenters. The van der Waals surface area contributed by atoms with Gasteiger partial charge in [0, 0.05) is 16.8 Å². The highest BCUT2D eigenvalue weighted by atomic mass is 16.5. The van der Waals surface area contributed by atoms with E-state index in [1.165, 1.54) is 19.2 Å². The molecule has 8 nitrogen and oxygen atoms in total. The lowest BCUT2D eigenvalue weighted by molar-refractivity contribution is 0.0518. The zero-order chi connectivity index (χ0) is 25.7. The highest BCUT2D eigenvalue weighted by Crippen LogP contribution is 2.27. The maximum atomic E-state index is 12.8. The number of benzene rings is 3. The van der Waals surface area contributed by atoms with Crippen molar-refractivity contribution < 1.29 is 23.9 Å². The van der Waals surface area contributed by atoms with Crippen LogP contribution in [-0.4, -0.2) is 41.3 Å². The third-order valence-corrected chi connectivity index (χ3v) is 5.42. The largest absolute Gasteiger partial charge is 0.465 e. The Hall–Kier alpha value is -4.72. The first-order chi connectivity index (χ1) is 17.4. The summed E-state index contributed by atoms with van der Waals surface area (Å²) in [7, 11) is 1.30. The minimum absolute atomic E-state index is 0.188. The fraction of sp³-hybridized carbons (Fsp3) is 0.143. The van der Waals surface area contributed by atoms with Crippen LogP contribution in [-0.2, 0) is 9.47 Å². The van der Waals surface area contributed by atoms with Crippen molar-refractivity contribution in [3.05, 3.63) is 101 Å². The molecule has 0 spiro atoms. The van der Waals surface area contributed by atoms with E-state index in [1.54, 1.807) is 41.9 Å². The van der Waals surface area contributed by atoms with Crippen LogP contribution < -0.4 is 5.32 Å². The molecule has 182 valence electrons. The van der Waals surface area contributed by atoms with E-state index in [0.29, 0.717) is 22.5 Å². The predicted octanol–water partition coefficient (Wildman–Crippen LogP) is 5.06. The summed E-state index contributed by atoms with van der Waals surface area (Å²) in [6.45, 7) is 3.96. The summed E-state index contributed by atoms with van der Waals surface area (Å²) in [5, 5.41) is 7.37. The molecule has 0 radical (unpaired) electrons. The van der Waals surface area contributed by atoms with Crippen LogP contribution in [0, 0.1) is 6.92 Å². The molecule has 4 rings (SSSR count). The first kappa shape index (κ1) is 24.4. The van der Waals surface area contributed by atoms with Crippen LogP contribution in [0.3, 0.4) is 0 Å². The first-order valence-electron chi connectivity index (χ1n) is 11.3. The Labute approximate surface area is 208 Å². The maximum Gasteiger partial charge on any atom is 0.358 e. The second-order valence-electron chi connectivity index (χ2n) is 7.99. The highest BCUT2D eigenvalue weighted by Gasteiger charge is 2.18. The van der Waals surface area contributed by atoms with Crippen LogP contribution in [0.4, 0.5) is 5.69 Å². The first-order valence-corrected chi connectivity index (χ1v) is 11.3. The number of aromatic nitrogens is 2. The number of methoxy groups -OCH3 is 1. The summed E-state index contributed by atoms with van der Waals surface area (Å²) in [5.41, 5.74) is 4.75. The van der Waals surface area contributed by atoms with Crippen molar-refractivity contribution in [1.29, 1.82) is 0 Å². The molecule has 0 aliphatic rings. The summed E-state index contributed by atoms with van der Waals surface area (Å²) in [6.07, 6.45) is 0. The molecule has 0 saturated heterocycles. The third kappa shape index (κ3) is 5.33. The third-order valence-electron chi connectivity index (χ3n) is 5.42. The molecule has 0 aliphatic heterocycles. The van der Waals surface area contributed by atoms with Crippen LogP contribution in [0.2, 0.25) is 0 Å². The van der Waals surface area contributed by atoms with Crippen molar-refractivity contribution in [2.45, 2.75) is 13.8 Å². The minimum atomic E-state index is -0.509. The van der Waals surface area contributed by atoms with Gasteiger partial charge in [-0.3, -0.25) is 4.79 Å². The Balaban J connectivity index is 1.65. The number of nitrogens with zero attached hydrogens (tertiary/aromatic N) is 2. The zero-order valence-corrected chi connectivity index (χ0v) is 20.1. The molecule has 0 aliphatic carbocycles. The average Bonchev–Trinajstić information content (AvgIpc) is 3.34. The van der Waals surface area contributed by atoms with Crippen LogP contribution in [0.5, 0.6) is 0 Å². The Kier molecular flexibility index (Phi) is 7.25. The number of carbonyl (C=O) groups is 3. The number of ether oxygens (including phenoxy) is 2. The SMILES string of the molecule is CCOC(=O)c1cc(-c2cccc(NC(=O)c3ccc(C(=O)OC)cc3)c2)n(-c2cccc(C)c2)n1. The summed E-state index contributed by atoms with van der Waals surface area (Å²) in [5.74, 6) is -1.31. The Morgan fingerprint density at radius 3 is 2.31 bits per heavy atom. The van der Waals surface area contributed by atoms with Crippen LogP contribution in [0.1, 0.15) is 43.7 Å². The van der Waals surface area contributed by atoms with E-state index < -0.39 is 11.9 Å². The van der Waals surface area contributed by atoms with Gasteiger partial charge >= 0.3 is 11.9 Å². The van der Waals surface area contributed by atoms with E-state index in [2.05, 4.69) is 10.4 Å². The molecule has 0 atom stereocenters. The lowest BCUT2D eigenvalue weighted by atomic mass is 10.1. The van der Waals surface area contributed by atoms with Gasteiger partial charge < -0.3 is 14.8 Å². The van der Waals surface area contributed by atoms with E-state index in [-0.39, 0.29) is 18.2 Å². The van der Waals surface area contributed by atoms with E-state index in [4.69, 9.17) is 9.47 Å². The van der Waals surface area contributed by atoms with Crippen LogP contribution in [0.15, 0.2) is 78.9 Å². The molecular weight excluding hydrogens is 458 g/mol. The predicted molar refractivity (Wildman–Crippen MR) is 135 cm³/mol. The highest BCUT2D eigenvalue weighted by molar-refractivity contribution is 6.05. The zero-order valence-electron chi connectivity index (χ0n) is 20.1. The van der Waals surface area contributed by atoms with Gasteiger partial charge in [-0.15, -0.1) is 0 Å². The molecule has 1 aromatic heterocycles. The van der Waals surface area contributed by atoms with Crippen molar-refractivity contribution in [3.63, 3.8) is 0 Å². The molecule has 0 saturated carbocycles. The maximum absolute atomic E-state index is 12.8. The molecule has 1 amide bonds. The van der Waals surface area contributed by atoms with Crippen molar-refractivity contribution in [1.82, 2.24) is 9.78 Å². The molecule has 1 heterocycles. The topological polar surface area (TPSA) is 99.5 Å². The summed E-state index contributed by atoms with van der Waals surface area (Å²) in [6, 6.07) is 22.9. The summed E-state index contributed by atoms with van der Waals surface area (Å²) in [4.78, 5) is 36.8. The van der Waals surface area contributed by atoms with E-state index >= 15 is 0 Å². The van der Waals surface area contributed by atoms with Gasteiger partial charge in [-0.25, -0.2) is 14.3 Å². The van der Waals surface area contributed by atoms with Gasteiger partial charge in [-0.2, -0.15) is 5.10 Å². The van der Waals surface area contributed by atoms with Gasteiger partial charge in [-0.1, -0.05) is 24.3 Å². The number of carbonyl (C=O) groups excluding carboxylic acids is 3. The number of hydrogen-bond donors (Lipinski definition) is 1. The summed E-state index contributed by atoms with van der Waals surface area (Å²) >= 11 is 0. The Morgan fingerprint density at radius 1 is 0.889 bits per heavy atom. The van der Waals surface area contributed by atoms with Gasteiger partial charge in [0.2, 0.25) is 0 Å². The van der Waals surface area contributed by atoms with Crippen LogP contribution in [0.25, 0.3) is 16.9 Å². The second-order valence-corrected chi connectivity index (χ2v) is 7.99. The fourth-order valence-corrected chi connectivity index (χ4v) is 3.68. The Bertz CT molecular complexity index is 1420. The van der Waals surface area contributed by atoms with Gasteiger partial charge in [0.25, 0.3) is 5.91 Å². The monoisotopic (exact) mass is 483 g/mol. The molecule has 8 heteroatoms. The standard InChI is InChI=1S/C28H25N3O5/c1-4-36-28(34)24-17-25(31(30-24)23-10-5-7-18(2)15-23)21-8-6-9-22(16-21)29-26(32)19-11-13-20(14-12-19)27(33)35-3/h5-17H,4H2,1-3H3,(H,29,32). The molecule has 36 heavy (non-hydrogen) atoms. The lowest BCUT2D eigenvalue weighted by Gasteiger charge is -2.11. The number of aryl methyl sites for hydroxylation is 1. The lowest BCUT2D eigenvalue weighted by Crippen LogP contribution is -2.12. The van der Waals surface area contributed by atoms with Gasteiger partial charge in [0.05, 0.1) is 30.7 Å². The molecule has 0 fully saturated rings. The van der Waals surface area contributed by atoms with Crippen molar-refractivity contribution in [2.75, 3.05) is 19.0 Å². The molecule has 0 bridgehead atoms. The number of hydrogen-bond acceptors (Lipinski definition) is 6. The normalized spacial score (nSPS) is 10.5. The molecule has 1 N–H and O–H groups in total. The number of nitrogens with one attached hydrogen (secondary N) is 1. The number of esters is 2. The summed E-state index contributed by atoms with van der Waals surface area (Å²) < 4.78 is 11.5. The molecular formula is C28H25N3O5. The number of rotatable bonds is 7. The van der Waals surface area contributed by atoms with Gasteiger partial charge in [0.1, 0.15) is 0 Å². The second kappa shape index (κ2) is 10.7. The van der Waals surface area contributed by atoms with E-state index in [9.17, 15) is 14.4 Å². The quantitative estimate of drug-likeness (QED) is 0.369. The van der Waals surface area contributed by atoms with Gasteiger partial charge in [-0.05, 0) is 74.0 Å². The Morgan fingerprint density at radius 2 is 1.61 bits per heavy atom. The van der Waals surface area contributed by atoms with Crippen LogP contribution >= 0.6 is 0 Å². The van der Waals surface area contributed by atoms with E-state index in [0.717, 1.165) is 16.8 Å². The molecule has 4 aromatic rings.